The van der Waals surface area contributed by atoms with E-state index in [-0.39, 0.29) is 11.9 Å². The number of amides is 1. The summed E-state index contributed by atoms with van der Waals surface area (Å²) in [6.45, 7) is 7.94. The minimum Gasteiger partial charge on any atom is -0.336 e. The lowest BCUT2D eigenvalue weighted by molar-refractivity contribution is -0.136. The van der Waals surface area contributed by atoms with Crippen LogP contribution in [0.5, 0.6) is 0 Å². The third-order valence-corrected chi connectivity index (χ3v) is 2.49. The normalized spacial score (nSPS) is 27.2. The minimum atomic E-state index is -0.0799. The van der Waals surface area contributed by atoms with Crippen molar-refractivity contribution in [1.82, 2.24) is 15.1 Å². The van der Waals surface area contributed by atoms with Crippen molar-refractivity contribution in [2.24, 2.45) is 0 Å². The summed E-state index contributed by atoms with van der Waals surface area (Å²) in [6, 6.07) is 0.274. The van der Waals surface area contributed by atoms with Gasteiger partial charge in [0.1, 0.15) is 0 Å². The first-order valence-corrected chi connectivity index (χ1v) is 5.35. The number of carbonyl (C=O) groups excluding carboxylic acids is 1. The molecule has 0 aromatic rings. The first kappa shape index (κ1) is 12.2. The van der Waals surface area contributed by atoms with Gasteiger partial charge in [-0.25, -0.2) is 0 Å². The van der Waals surface area contributed by atoms with Crippen molar-refractivity contribution in [3.63, 3.8) is 0 Å². The summed E-state index contributed by atoms with van der Waals surface area (Å²) in [5.74, 6) is 0.182. The second-order valence-corrected chi connectivity index (χ2v) is 4.41. The van der Waals surface area contributed by atoms with Crippen LogP contribution in [0.1, 0.15) is 6.92 Å². The van der Waals surface area contributed by atoms with Gasteiger partial charge in [0.15, 0.2) is 0 Å². The smallest absolute Gasteiger partial charge is 0.241 e. The third kappa shape index (κ3) is 3.32. The summed E-state index contributed by atoms with van der Waals surface area (Å²) in [5.41, 5.74) is 0. The van der Waals surface area contributed by atoms with Gasteiger partial charge in [0.25, 0.3) is 0 Å². The van der Waals surface area contributed by atoms with Crippen molar-refractivity contribution in [1.29, 1.82) is 0 Å². The Balaban J connectivity index is 2.63. The number of likely N-dealkylation sites (N-methyl/N-ethyl adjacent to an activating group) is 1. The van der Waals surface area contributed by atoms with Crippen molar-refractivity contribution < 1.29 is 4.79 Å². The number of rotatable bonds is 4. The molecule has 4 heteroatoms. The van der Waals surface area contributed by atoms with E-state index in [0.717, 1.165) is 13.1 Å². The lowest BCUT2D eigenvalue weighted by Crippen LogP contribution is -2.61. The number of nitrogens with zero attached hydrogens (tertiary/aromatic N) is 2. The zero-order chi connectivity index (χ0) is 11.4. The fraction of sp³-hybridized carbons (Fsp3) is 0.727. The molecule has 1 N–H and O–H groups in total. The zero-order valence-corrected chi connectivity index (χ0v) is 9.86. The molecule has 0 bridgehead atoms. The highest BCUT2D eigenvalue weighted by atomic mass is 16.2. The van der Waals surface area contributed by atoms with E-state index in [1.165, 1.54) is 0 Å². The number of nitrogens with one attached hydrogen (secondary N) is 1. The molecule has 2 unspecified atom stereocenters. The molecule has 86 valence electrons. The van der Waals surface area contributed by atoms with Crippen LogP contribution in [0.25, 0.3) is 0 Å². The molecule has 1 heterocycles. The molecule has 1 saturated heterocycles. The fourth-order valence-corrected chi connectivity index (χ4v) is 1.92. The predicted octanol–water partition coefficient (Wildman–Crippen LogP) is -0.0771. The van der Waals surface area contributed by atoms with Crippen molar-refractivity contribution in [2.45, 2.75) is 19.0 Å². The Morgan fingerprint density at radius 1 is 1.67 bits per heavy atom. The molecule has 1 rings (SSSR count). The summed E-state index contributed by atoms with van der Waals surface area (Å²) in [4.78, 5) is 15.9. The van der Waals surface area contributed by atoms with E-state index in [9.17, 15) is 4.79 Å². The average molecular weight is 211 g/mol. The van der Waals surface area contributed by atoms with Gasteiger partial charge in [-0.2, -0.15) is 0 Å². The number of piperazine rings is 1. The maximum atomic E-state index is 12.0. The zero-order valence-electron chi connectivity index (χ0n) is 9.86. The van der Waals surface area contributed by atoms with E-state index < -0.39 is 0 Å². The Bertz CT molecular complexity index is 238. The summed E-state index contributed by atoms with van der Waals surface area (Å²) in [6.07, 6.45) is 1.78. The van der Waals surface area contributed by atoms with Crippen LogP contribution in [0, 0.1) is 0 Å². The highest BCUT2D eigenvalue weighted by Gasteiger charge is 2.31. The molecule has 1 amide bonds. The van der Waals surface area contributed by atoms with Gasteiger partial charge in [0, 0.05) is 25.7 Å². The van der Waals surface area contributed by atoms with Crippen LogP contribution >= 0.6 is 0 Å². The Kier molecular flexibility index (Phi) is 4.29. The van der Waals surface area contributed by atoms with Gasteiger partial charge < -0.3 is 15.1 Å². The SMILES string of the molecule is C=CCN1CC(C)NC(CN(C)C)C1=O. The molecule has 0 aromatic carbocycles. The van der Waals surface area contributed by atoms with Gasteiger partial charge in [-0.3, -0.25) is 4.79 Å². The fourth-order valence-electron chi connectivity index (χ4n) is 1.92. The first-order valence-electron chi connectivity index (χ1n) is 5.35. The molecule has 15 heavy (non-hydrogen) atoms. The summed E-state index contributed by atoms with van der Waals surface area (Å²) >= 11 is 0. The summed E-state index contributed by atoms with van der Waals surface area (Å²) in [5, 5.41) is 3.32. The first-order chi connectivity index (χ1) is 7.04. The largest absolute Gasteiger partial charge is 0.336 e. The lowest BCUT2D eigenvalue weighted by Gasteiger charge is -2.37. The van der Waals surface area contributed by atoms with Gasteiger partial charge in [-0.1, -0.05) is 6.08 Å². The van der Waals surface area contributed by atoms with E-state index in [1.807, 2.05) is 23.9 Å². The van der Waals surface area contributed by atoms with Crippen LogP contribution in [-0.4, -0.2) is 61.5 Å². The van der Waals surface area contributed by atoms with Gasteiger partial charge in [-0.15, -0.1) is 6.58 Å². The number of carbonyl (C=O) groups is 1. The van der Waals surface area contributed by atoms with Gasteiger partial charge in [0.2, 0.25) is 5.91 Å². The number of hydrogen-bond acceptors (Lipinski definition) is 3. The molecule has 0 spiro atoms. The van der Waals surface area contributed by atoms with E-state index in [1.54, 1.807) is 6.08 Å². The second-order valence-electron chi connectivity index (χ2n) is 4.41. The van der Waals surface area contributed by atoms with Crippen molar-refractivity contribution in [3.8, 4) is 0 Å². The lowest BCUT2D eigenvalue weighted by atomic mass is 10.1. The Morgan fingerprint density at radius 2 is 2.33 bits per heavy atom. The molecule has 0 radical (unpaired) electrons. The maximum Gasteiger partial charge on any atom is 0.241 e. The van der Waals surface area contributed by atoms with Gasteiger partial charge in [-0.05, 0) is 21.0 Å². The van der Waals surface area contributed by atoms with Crippen LogP contribution < -0.4 is 5.32 Å². The number of hydrogen-bond donors (Lipinski definition) is 1. The van der Waals surface area contributed by atoms with Crippen LogP contribution in [-0.2, 0) is 4.79 Å². The molecule has 1 fully saturated rings. The standard InChI is InChI=1S/C11H21N3O/c1-5-6-14-7-9(2)12-10(11(14)15)8-13(3)4/h5,9-10,12H,1,6-8H2,2-4H3. The predicted molar refractivity (Wildman–Crippen MR) is 61.7 cm³/mol. The quantitative estimate of drug-likeness (QED) is 0.661. The van der Waals surface area contributed by atoms with E-state index >= 15 is 0 Å². The highest BCUT2D eigenvalue weighted by Crippen LogP contribution is 2.06. The molecule has 0 aromatic heterocycles. The van der Waals surface area contributed by atoms with Crippen molar-refractivity contribution >= 4 is 5.91 Å². The van der Waals surface area contributed by atoms with E-state index in [2.05, 4.69) is 18.8 Å². The highest BCUT2D eigenvalue weighted by molar-refractivity contribution is 5.83. The van der Waals surface area contributed by atoms with Crippen LogP contribution in [0.2, 0.25) is 0 Å². The molecule has 0 aliphatic carbocycles. The summed E-state index contributed by atoms with van der Waals surface area (Å²) in [7, 11) is 3.96. The molecular weight excluding hydrogens is 190 g/mol. The maximum absolute atomic E-state index is 12.0. The minimum absolute atomic E-state index is 0.0799. The Labute approximate surface area is 91.9 Å². The van der Waals surface area contributed by atoms with Crippen LogP contribution in [0.4, 0.5) is 0 Å². The van der Waals surface area contributed by atoms with Crippen LogP contribution in [0.3, 0.4) is 0 Å². The van der Waals surface area contributed by atoms with E-state index in [0.29, 0.717) is 12.6 Å². The van der Waals surface area contributed by atoms with Crippen LogP contribution in [0.15, 0.2) is 12.7 Å². The molecule has 1 aliphatic heterocycles. The Hall–Kier alpha value is -0.870. The third-order valence-electron chi connectivity index (χ3n) is 2.49. The second kappa shape index (κ2) is 5.28. The van der Waals surface area contributed by atoms with Gasteiger partial charge in [0.05, 0.1) is 6.04 Å². The van der Waals surface area contributed by atoms with E-state index in [4.69, 9.17) is 0 Å². The van der Waals surface area contributed by atoms with Gasteiger partial charge >= 0.3 is 0 Å². The molecular formula is C11H21N3O. The van der Waals surface area contributed by atoms with Crippen molar-refractivity contribution in [3.05, 3.63) is 12.7 Å². The van der Waals surface area contributed by atoms with Crippen molar-refractivity contribution in [2.75, 3.05) is 33.7 Å². The summed E-state index contributed by atoms with van der Waals surface area (Å²) < 4.78 is 0. The molecule has 0 saturated carbocycles. The molecule has 1 aliphatic rings. The molecule has 2 atom stereocenters. The molecule has 4 nitrogen and oxygen atoms in total. The average Bonchev–Trinajstić information content (AvgIpc) is 2.12. The Morgan fingerprint density at radius 3 is 2.87 bits per heavy atom. The topological polar surface area (TPSA) is 35.6 Å². The monoisotopic (exact) mass is 211 g/mol.